The van der Waals surface area contributed by atoms with Crippen LogP contribution < -0.4 is 5.73 Å². The Morgan fingerprint density at radius 2 is 2.00 bits per heavy atom. The Morgan fingerprint density at radius 3 is 2.75 bits per heavy atom. The third kappa shape index (κ3) is 1.81. The van der Waals surface area contributed by atoms with Gasteiger partial charge in [-0.25, -0.2) is 0 Å². The van der Waals surface area contributed by atoms with Gasteiger partial charge >= 0.3 is 0 Å². The summed E-state index contributed by atoms with van der Waals surface area (Å²) in [4.78, 5) is 10.9. The molecule has 2 rings (SSSR count). The highest BCUT2D eigenvalue weighted by Crippen LogP contribution is 2.20. The molecule has 0 atom stereocenters. The van der Waals surface area contributed by atoms with Crippen LogP contribution in [0.1, 0.15) is 15.9 Å². The summed E-state index contributed by atoms with van der Waals surface area (Å²) in [6.07, 6.45) is 0.826. The van der Waals surface area contributed by atoms with E-state index < -0.39 is 0 Å². The zero-order chi connectivity index (χ0) is 11.4. The van der Waals surface area contributed by atoms with Gasteiger partial charge in [-0.1, -0.05) is 42.2 Å². The third-order valence-electron chi connectivity index (χ3n) is 2.40. The minimum absolute atomic E-state index is 0.293. The third-order valence-corrected chi connectivity index (χ3v) is 2.40. The van der Waals surface area contributed by atoms with Gasteiger partial charge in [-0.2, -0.15) is 0 Å². The molecule has 0 radical (unpaired) electrons. The van der Waals surface area contributed by atoms with Crippen LogP contribution in [-0.4, -0.2) is 12.8 Å². The standard InChI is InChI=1S/C14H11NO/c15-9-3-6-14-12(10-16)8-7-11-4-1-2-5-13(11)14/h1-2,4-5,7-8,10H,9,15H2. The van der Waals surface area contributed by atoms with E-state index in [1.165, 1.54) is 0 Å². The van der Waals surface area contributed by atoms with Crippen LogP contribution >= 0.6 is 0 Å². The summed E-state index contributed by atoms with van der Waals surface area (Å²) in [6.45, 7) is 0.293. The summed E-state index contributed by atoms with van der Waals surface area (Å²) in [5, 5.41) is 2.07. The molecule has 0 fully saturated rings. The lowest BCUT2D eigenvalue weighted by Crippen LogP contribution is -1.95. The Kier molecular flexibility index (Phi) is 3.00. The van der Waals surface area contributed by atoms with Crippen LogP contribution in [0.4, 0.5) is 0 Å². The molecule has 16 heavy (non-hydrogen) atoms. The Labute approximate surface area is 94.1 Å². The van der Waals surface area contributed by atoms with Gasteiger partial charge in [0.05, 0.1) is 6.54 Å². The van der Waals surface area contributed by atoms with Crippen LogP contribution in [0.2, 0.25) is 0 Å². The molecule has 0 heterocycles. The van der Waals surface area contributed by atoms with Crippen molar-refractivity contribution in [3.05, 3.63) is 47.5 Å². The van der Waals surface area contributed by atoms with Crippen LogP contribution in [0.25, 0.3) is 10.8 Å². The normalized spacial score (nSPS) is 9.56. The number of carbonyl (C=O) groups excluding carboxylic acids is 1. The predicted octanol–water partition coefficient (Wildman–Crippen LogP) is 1.96. The number of rotatable bonds is 1. The van der Waals surface area contributed by atoms with E-state index in [1.807, 2.05) is 30.3 Å². The van der Waals surface area contributed by atoms with Crippen molar-refractivity contribution in [3.63, 3.8) is 0 Å². The van der Waals surface area contributed by atoms with E-state index in [0.717, 1.165) is 22.6 Å². The van der Waals surface area contributed by atoms with E-state index in [1.54, 1.807) is 6.07 Å². The molecule has 0 aliphatic carbocycles. The van der Waals surface area contributed by atoms with Gasteiger partial charge in [-0.15, -0.1) is 0 Å². The lowest BCUT2D eigenvalue weighted by atomic mass is 10.00. The molecular formula is C14H11NO. The SMILES string of the molecule is NCC#Cc1c(C=O)ccc2ccccc12. The monoisotopic (exact) mass is 209 g/mol. The van der Waals surface area contributed by atoms with Crippen molar-refractivity contribution in [2.24, 2.45) is 5.73 Å². The maximum atomic E-state index is 10.9. The summed E-state index contributed by atoms with van der Waals surface area (Å²) < 4.78 is 0. The molecule has 0 bridgehead atoms. The highest BCUT2D eigenvalue weighted by Gasteiger charge is 2.03. The average Bonchev–Trinajstić information content (AvgIpc) is 2.35. The van der Waals surface area contributed by atoms with E-state index >= 15 is 0 Å². The zero-order valence-corrected chi connectivity index (χ0v) is 8.73. The molecule has 78 valence electrons. The number of aldehydes is 1. The van der Waals surface area contributed by atoms with Crippen LogP contribution in [0.3, 0.4) is 0 Å². The molecule has 2 aromatic rings. The molecule has 0 spiro atoms. The summed E-state index contributed by atoms with van der Waals surface area (Å²) >= 11 is 0. The van der Waals surface area contributed by atoms with Crippen LogP contribution in [-0.2, 0) is 0 Å². The number of hydrogen-bond donors (Lipinski definition) is 1. The quantitative estimate of drug-likeness (QED) is 0.576. The van der Waals surface area contributed by atoms with Gasteiger partial charge in [0.25, 0.3) is 0 Å². The second kappa shape index (κ2) is 4.61. The van der Waals surface area contributed by atoms with Gasteiger partial charge < -0.3 is 5.73 Å². The highest BCUT2D eigenvalue weighted by atomic mass is 16.1. The fourth-order valence-electron chi connectivity index (χ4n) is 1.67. The summed E-state index contributed by atoms with van der Waals surface area (Å²) in [6, 6.07) is 11.6. The molecule has 0 aliphatic heterocycles. The number of benzene rings is 2. The fraction of sp³-hybridized carbons (Fsp3) is 0.0714. The number of fused-ring (bicyclic) bond motifs is 1. The van der Waals surface area contributed by atoms with Crippen molar-refractivity contribution >= 4 is 17.1 Å². The molecule has 0 saturated heterocycles. The topological polar surface area (TPSA) is 43.1 Å². The van der Waals surface area contributed by atoms with Gasteiger partial charge in [-0.05, 0) is 16.8 Å². The van der Waals surface area contributed by atoms with Crippen molar-refractivity contribution in [1.82, 2.24) is 0 Å². The first-order chi connectivity index (χ1) is 7.86. The second-order valence-electron chi connectivity index (χ2n) is 3.37. The molecule has 0 aromatic heterocycles. The van der Waals surface area contributed by atoms with E-state index in [9.17, 15) is 4.79 Å². The summed E-state index contributed by atoms with van der Waals surface area (Å²) in [5.74, 6) is 5.75. The highest BCUT2D eigenvalue weighted by molar-refractivity contribution is 5.95. The van der Waals surface area contributed by atoms with Crippen molar-refractivity contribution in [3.8, 4) is 11.8 Å². The molecule has 0 aliphatic rings. The number of nitrogens with two attached hydrogens (primary N) is 1. The molecule has 2 nitrogen and oxygen atoms in total. The van der Waals surface area contributed by atoms with Crippen molar-refractivity contribution in [2.45, 2.75) is 0 Å². The Hall–Kier alpha value is -2.11. The summed E-state index contributed by atoms with van der Waals surface area (Å²) in [7, 11) is 0. The van der Waals surface area contributed by atoms with E-state index in [0.29, 0.717) is 12.1 Å². The van der Waals surface area contributed by atoms with Gasteiger partial charge in [0.2, 0.25) is 0 Å². The van der Waals surface area contributed by atoms with Crippen LogP contribution in [0.5, 0.6) is 0 Å². The van der Waals surface area contributed by atoms with Gasteiger partial charge in [-0.3, -0.25) is 4.79 Å². The van der Waals surface area contributed by atoms with Crippen molar-refractivity contribution in [2.75, 3.05) is 6.54 Å². The van der Waals surface area contributed by atoms with Gasteiger partial charge in [0, 0.05) is 11.1 Å². The molecule has 0 unspecified atom stereocenters. The molecule has 2 heteroatoms. The fourth-order valence-corrected chi connectivity index (χ4v) is 1.67. The van der Waals surface area contributed by atoms with E-state index in [4.69, 9.17) is 5.73 Å². The molecule has 0 saturated carbocycles. The largest absolute Gasteiger partial charge is 0.320 e. The first kappa shape index (κ1) is 10.4. The zero-order valence-electron chi connectivity index (χ0n) is 8.73. The number of hydrogen-bond acceptors (Lipinski definition) is 2. The van der Waals surface area contributed by atoms with Gasteiger partial charge in [0.1, 0.15) is 0 Å². The first-order valence-corrected chi connectivity index (χ1v) is 5.02. The molecule has 0 amide bonds. The minimum Gasteiger partial charge on any atom is -0.320 e. The summed E-state index contributed by atoms with van der Waals surface area (Å²) in [5.41, 5.74) is 6.72. The second-order valence-corrected chi connectivity index (χ2v) is 3.37. The average molecular weight is 209 g/mol. The van der Waals surface area contributed by atoms with Crippen molar-refractivity contribution < 1.29 is 4.79 Å². The van der Waals surface area contributed by atoms with E-state index in [2.05, 4.69) is 11.8 Å². The lowest BCUT2D eigenvalue weighted by molar-refractivity contribution is 0.112. The predicted molar refractivity (Wildman–Crippen MR) is 65.3 cm³/mol. The number of carbonyl (C=O) groups is 1. The van der Waals surface area contributed by atoms with E-state index in [-0.39, 0.29) is 0 Å². The maximum Gasteiger partial charge on any atom is 0.151 e. The molecular weight excluding hydrogens is 198 g/mol. The van der Waals surface area contributed by atoms with Crippen molar-refractivity contribution in [1.29, 1.82) is 0 Å². The van der Waals surface area contributed by atoms with Gasteiger partial charge in [0.15, 0.2) is 6.29 Å². The lowest BCUT2D eigenvalue weighted by Gasteiger charge is -2.03. The Bertz CT molecular complexity index is 590. The van der Waals surface area contributed by atoms with Crippen LogP contribution in [0, 0.1) is 11.8 Å². The Balaban J connectivity index is 2.77. The smallest absolute Gasteiger partial charge is 0.151 e. The molecule has 2 N–H and O–H groups in total. The van der Waals surface area contributed by atoms with Crippen LogP contribution in [0.15, 0.2) is 36.4 Å². The first-order valence-electron chi connectivity index (χ1n) is 5.02. The molecule has 2 aromatic carbocycles. The minimum atomic E-state index is 0.293. The maximum absolute atomic E-state index is 10.9. The Morgan fingerprint density at radius 1 is 1.19 bits per heavy atom.